The predicted molar refractivity (Wildman–Crippen MR) is 174 cm³/mol. The second kappa shape index (κ2) is 13.0. The van der Waals surface area contributed by atoms with E-state index >= 15 is 0 Å². The first kappa shape index (κ1) is 31.9. The summed E-state index contributed by atoms with van der Waals surface area (Å²) in [4.78, 5) is 32.7. The van der Waals surface area contributed by atoms with Crippen LogP contribution in [0.3, 0.4) is 0 Å². The molecule has 47 heavy (non-hydrogen) atoms. The molecule has 0 bridgehead atoms. The molecule has 0 radical (unpaired) electrons. The first-order chi connectivity index (χ1) is 22.4. The van der Waals surface area contributed by atoms with Gasteiger partial charge in [0, 0.05) is 24.5 Å². The normalized spacial score (nSPS) is 15.0. The fourth-order valence-corrected chi connectivity index (χ4v) is 6.31. The minimum Gasteiger partial charge on any atom is -0.424 e. The number of thiazole rings is 1. The molecule has 242 valence electrons. The third-order valence-electron chi connectivity index (χ3n) is 7.55. The average molecular weight is 662 g/mol. The van der Waals surface area contributed by atoms with Crippen molar-refractivity contribution >= 4 is 33.9 Å². The molecule has 10 nitrogen and oxygen atoms in total. The standard InChI is InChI=1S/C33H30F3N7O3S/c1-32(2,45)27-9-6-14-43(27)31-40-19-26(47-31)20-10-12-24(13-11-20)46-30-38-17-23(18-39-30)41-29(44)42-25-15-22(33(34,35)36)16-37-28(25)21-7-4-3-5-8-21/h3-5,7-8,10-13,15-19,27,45H,6,9,14H2,1-2H3,(H2,41,42,44). The van der Waals surface area contributed by atoms with E-state index in [-0.39, 0.29) is 29.1 Å². The van der Waals surface area contributed by atoms with Crippen LogP contribution in [0.25, 0.3) is 21.7 Å². The number of aliphatic hydroxyl groups is 1. The van der Waals surface area contributed by atoms with Gasteiger partial charge in [-0.2, -0.15) is 13.2 Å². The van der Waals surface area contributed by atoms with E-state index < -0.39 is 23.4 Å². The Morgan fingerprint density at radius 1 is 0.936 bits per heavy atom. The molecule has 1 saturated heterocycles. The van der Waals surface area contributed by atoms with Gasteiger partial charge in [0.25, 0.3) is 0 Å². The number of carbonyl (C=O) groups is 1. The Bertz CT molecular complexity index is 1850. The summed E-state index contributed by atoms with van der Waals surface area (Å²) in [5, 5.41) is 16.4. The first-order valence-corrected chi connectivity index (χ1v) is 15.5. The number of ether oxygens (including phenoxy) is 1. The number of benzene rings is 2. The average Bonchev–Trinajstić information content (AvgIpc) is 3.73. The lowest BCUT2D eigenvalue weighted by atomic mass is 9.97. The molecule has 5 aromatic rings. The van der Waals surface area contributed by atoms with Crippen molar-refractivity contribution in [2.75, 3.05) is 22.1 Å². The molecule has 1 aliphatic heterocycles. The number of alkyl halides is 3. The number of hydrogen-bond donors (Lipinski definition) is 3. The van der Waals surface area contributed by atoms with Gasteiger partial charge in [-0.15, -0.1) is 0 Å². The predicted octanol–water partition coefficient (Wildman–Crippen LogP) is 7.86. The van der Waals surface area contributed by atoms with E-state index in [2.05, 4.69) is 35.5 Å². The maximum atomic E-state index is 13.4. The van der Waals surface area contributed by atoms with Crippen molar-refractivity contribution in [3.63, 3.8) is 0 Å². The molecule has 0 saturated carbocycles. The molecule has 1 fully saturated rings. The summed E-state index contributed by atoms with van der Waals surface area (Å²) in [5.74, 6) is 0.490. The number of nitrogens with one attached hydrogen (secondary N) is 2. The van der Waals surface area contributed by atoms with E-state index in [1.165, 1.54) is 12.4 Å². The molecular formula is C33H30F3N7O3S. The molecule has 4 heterocycles. The summed E-state index contributed by atoms with van der Waals surface area (Å²) >= 11 is 1.57. The van der Waals surface area contributed by atoms with E-state index in [1.54, 1.807) is 53.8 Å². The summed E-state index contributed by atoms with van der Waals surface area (Å²) in [7, 11) is 0. The van der Waals surface area contributed by atoms with Crippen LogP contribution in [0.2, 0.25) is 0 Å². The first-order valence-electron chi connectivity index (χ1n) is 14.7. The molecule has 2 amide bonds. The second-order valence-corrected chi connectivity index (χ2v) is 12.5. The van der Waals surface area contributed by atoms with Gasteiger partial charge in [0.1, 0.15) is 5.75 Å². The summed E-state index contributed by atoms with van der Waals surface area (Å²) in [6.07, 6.45) is 2.48. The van der Waals surface area contributed by atoms with Gasteiger partial charge >= 0.3 is 18.2 Å². The third kappa shape index (κ3) is 7.50. The number of urea groups is 1. The number of hydrogen-bond acceptors (Lipinski definition) is 9. The molecule has 0 aliphatic carbocycles. The Labute approximate surface area is 272 Å². The van der Waals surface area contributed by atoms with E-state index in [1.807, 2.05) is 32.2 Å². The van der Waals surface area contributed by atoms with Crippen molar-refractivity contribution in [2.45, 2.75) is 44.5 Å². The Morgan fingerprint density at radius 3 is 2.34 bits per heavy atom. The quantitative estimate of drug-likeness (QED) is 0.154. The number of aromatic nitrogens is 4. The monoisotopic (exact) mass is 661 g/mol. The molecule has 2 aromatic carbocycles. The molecule has 3 N–H and O–H groups in total. The lowest BCUT2D eigenvalue weighted by Gasteiger charge is -2.33. The fraction of sp³-hybridized carbons (Fsp3) is 0.242. The maximum absolute atomic E-state index is 13.4. The molecule has 14 heteroatoms. The zero-order chi connectivity index (χ0) is 33.2. The zero-order valence-corrected chi connectivity index (χ0v) is 26.1. The lowest BCUT2D eigenvalue weighted by molar-refractivity contribution is -0.137. The summed E-state index contributed by atoms with van der Waals surface area (Å²) < 4.78 is 45.9. The molecule has 1 aliphatic rings. The van der Waals surface area contributed by atoms with Crippen molar-refractivity contribution in [3.05, 3.63) is 91.0 Å². The van der Waals surface area contributed by atoms with E-state index in [0.717, 1.165) is 47.2 Å². The van der Waals surface area contributed by atoms with Crippen LogP contribution in [0.5, 0.6) is 11.8 Å². The lowest BCUT2D eigenvalue weighted by Crippen LogP contribution is -2.45. The van der Waals surface area contributed by atoms with Gasteiger partial charge in [-0.3, -0.25) is 4.98 Å². The van der Waals surface area contributed by atoms with Crippen molar-refractivity contribution < 1.29 is 27.8 Å². The van der Waals surface area contributed by atoms with Gasteiger partial charge in [-0.05, 0) is 62.6 Å². The van der Waals surface area contributed by atoms with Gasteiger partial charge in [0.2, 0.25) is 0 Å². The van der Waals surface area contributed by atoms with E-state index in [4.69, 9.17) is 4.74 Å². The molecule has 1 unspecified atom stereocenters. The Balaban J connectivity index is 1.08. The highest BCUT2D eigenvalue weighted by atomic mass is 32.1. The minimum atomic E-state index is -4.64. The molecule has 3 aromatic heterocycles. The van der Waals surface area contributed by atoms with Crippen molar-refractivity contribution in [1.29, 1.82) is 0 Å². The Kier molecular flexibility index (Phi) is 8.80. The van der Waals surface area contributed by atoms with Gasteiger partial charge in [0.05, 0.1) is 51.5 Å². The number of nitrogens with zero attached hydrogens (tertiary/aromatic N) is 5. The van der Waals surface area contributed by atoms with Gasteiger partial charge in [-0.1, -0.05) is 41.7 Å². The zero-order valence-electron chi connectivity index (χ0n) is 25.3. The van der Waals surface area contributed by atoms with Crippen LogP contribution in [0, 0.1) is 0 Å². The van der Waals surface area contributed by atoms with Crippen LogP contribution < -0.4 is 20.3 Å². The highest BCUT2D eigenvalue weighted by Gasteiger charge is 2.37. The van der Waals surface area contributed by atoms with E-state index in [0.29, 0.717) is 11.3 Å². The van der Waals surface area contributed by atoms with Crippen molar-refractivity contribution in [2.24, 2.45) is 0 Å². The van der Waals surface area contributed by atoms with Gasteiger partial charge in [0.15, 0.2) is 5.13 Å². The van der Waals surface area contributed by atoms with Crippen molar-refractivity contribution in [1.82, 2.24) is 19.9 Å². The van der Waals surface area contributed by atoms with Crippen molar-refractivity contribution in [3.8, 4) is 33.5 Å². The van der Waals surface area contributed by atoms with Crippen LogP contribution in [-0.4, -0.2) is 49.3 Å². The topological polar surface area (TPSA) is 125 Å². The largest absolute Gasteiger partial charge is 0.424 e. The van der Waals surface area contributed by atoms with Crippen LogP contribution in [-0.2, 0) is 6.18 Å². The number of rotatable bonds is 8. The summed E-state index contributed by atoms with van der Waals surface area (Å²) in [5.41, 5.74) is -0.0626. The minimum absolute atomic E-state index is 0.0216. The number of amides is 2. The molecule has 1 atom stereocenters. The number of pyridine rings is 1. The fourth-order valence-electron chi connectivity index (χ4n) is 5.31. The number of halogens is 3. The smallest absolute Gasteiger partial charge is 0.417 e. The van der Waals surface area contributed by atoms with Crippen LogP contribution in [0.4, 0.5) is 34.5 Å². The Morgan fingerprint density at radius 2 is 1.66 bits per heavy atom. The summed E-state index contributed by atoms with van der Waals surface area (Å²) in [6, 6.07) is 16.0. The third-order valence-corrected chi connectivity index (χ3v) is 8.64. The number of carbonyl (C=O) groups excluding carboxylic acids is 1. The molecule has 0 spiro atoms. The van der Waals surface area contributed by atoms with E-state index in [9.17, 15) is 23.1 Å². The number of anilines is 3. The van der Waals surface area contributed by atoms with Crippen LogP contribution in [0.1, 0.15) is 32.3 Å². The molecular weight excluding hydrogens is 631 g/mol. The van der Waals surface area contributed by atoms with Gasteiger partial charge < -0.3 is 25.4 Å². The second-order valence-electron chi connectivity index (χ2n) is 11.5. The highest BCUT2D eigenvalue weighted by Crippen LogP contribution is 2.38. The van der Waals surface area contributed by atoms with Crippen LogP contribution in [0.15, 0.2) is 85.5 Å². The van der Waals surface area contributed by atoms with Crippen LogP contribution >= 0.6 is 11.3 Å². The maximum Gasteiger partial charge on any atom is 0.417 e. The Hall–Kier alpha value is -5.08. The highest BCUT2D eigenvalue weighted by molar-refractivity contribution is 7.18. The SMILES string of the molecule is CC(C)(O)C1CCCN1c1ncc(-c2ccc(Oc3ncc(NC(=O)Nc4cc(C(F)(F)F)cnc4-c4ccccc4)cn3)cc2)s1. The summed E-state index contributed by atoms with van der Waals surface area (Å²) in [6.45, 7) is 4.52. The molecule has 6 rings (SSSR count). The van der Waals surface area contributed by atoms with Gasteiger partial charge in [-0.25, -0.2) is 19.7 Å².